The van der Waals surface area contributed by atoms with Crippen LogP contribution in [0, 0.1) is 0 Å². The molecule has 0 amide bonds. The first kappa shape index (κ1) is 13.8. The van der Waals surface area contributed by atoms with Crippen molar-refractivity contribution in [2.75, 3.05) is 0 Å². The van der Waals surface area contributed by atoms with Gasteiger partial charge in [-0.05, 0) is 30.7 Å². The SMILES string of the molecule is CCCn1c(CC(O)c2ccccn2)nc2ccccc21. The number of nitrogens with zero attached hydrogens (tertiary/aromatic N) is 3. The summed E-state index contributed by atoms with van der Waals surface area (Å²) in [5.41, 5.74) is 2.80. The minimum absolute atomic E-state index is 0.478. The number of pyridine rings is 1. The Hall–Kier alpha value is -2.20. The lowest BCUT2D eigenvalue weighted by Gasteiger charge is -2.12. The molecule has 0 saturated carbocycles. The number of imidazole rings is 1. The first-order valence-corrected chi connectivity index (χ1v) is 7.32. The number of aliphatic hydroxyl groups is 1. The highest BCUT2D eigenvalue weighted by atomic mass is 16.3. The largest absolute Gasteiger partial charge is 0.386 e. The zero-order valence-corrected chi connectivity index (χ0v) is 12.1. The van der Waals surface area contributed by atoms with Gasteiger partial charge in [-0.15, -0.1) is 0 Å². The Bertz CT molecular complexity index is 721. The molecule has 0 aliphatic carbocycles. The average Bonchev–Trinajstić information content (AvgIpc) is 2.86. The molecule has 1 aromatic carbocycles. The molecule has 0 radical (unpaired) electrons. The van der Waals surface area contributed by atoms with Gasteiger partial charge < -0.3 is 9.67 Å². The number of aromatic nitrogens is 3. The molecule has 0 spiro atoms. The monoisotopic (exact) mass is 281 g/mol. The molecule has 0 aliphatic heterocycles. The highest BCUT2D eigenvalue weighted by Gasteiger charge is 2.16. The van der Waals surface area contributed by atoms with Crippen molar-refractivity contribution in [3.63, 3.8) is 0 Å². The normalized spacial score (nSPS) is 12.7. The number of benzene rings is 1. The van der Waals surface area contributed by atoms with Crippen LogP contribution in [0.25, 0.3) is 11.0 Å². The molecule has 0 fully saturated rings. The van der Waals surface area contributed by atoms with Crippen LogP contribution >= 0.6 is 0 Å². The molecule has 3 aromatic rings. The van der Waals surface area contributed by atoms with Gasteiger partial charge in [-0.25, -0.2) is 4.98 Å². The standard InChI is InChI=1S/C17H19N3O/c1-2-11-20-15-9-4-3-7-13(15)19-17(20)12-16(21)14-8-5-6-10-18-14/h3-10,16,21H,2,11-12H2,1H3. The molecular formula is C17H19N3O. The smallest absolute Gasteiger partial charge is 0.112 e. The predicted molar refractivity (Wildman–Crippen MR) is 82.9 cm³/mol. The third kappa shape index (κ3) is 2.81. The second kappa shape index (κ2) is 6.06. The van der Waals surface area contributed by atoms with Crippen LogP contribution in [-0.2, 0) is 13.0 Å². The maximum absolute atomic E-state index is 10.4. The van der Waals surface area contributed by atoms with Crippen LogP contribution in [0.1, 0.15) is 31.0 Å². The van der Waals surface area contributed by atoms with E-state index in [1.807, 2.05) is 36.4 Å². The van der Waals surface area contributed by atoms with Crippen molar-refractivity contribution < 1.29 is 5.11 Å². The number of hydrogen-bond acceptors (Lipinski definition) is 3. The molecule has 3 rings (SSSR count). The van der Waals surface area contributed by atoms with Crippen LogP contribution in [0.2, 0.25) is 0 Å². The summed E-state index contributed by atoms with van der Waals surface area (Å²) < 4.78 is 2.20. The van der Waals surface area contributed by atoms with E-state index < -0.39 is 6.10 Å². The molecule has 0 aliphatic rings. The Balaban J connectivity index is 1.94. The van der Waals surface area contributed by atoms with E-state index in [4.69, 9.17) is 0 Å². The van der Waals surface area contributed by atoms with E-state index in [1.165, 1.54) is 0 Å². The van der Waals surface area contributed by atoms with Crippen molar-refractivity contribution in [1.29, 1.82) is 0 Å². The van der Waals surface area contributed by atoms with Crippen LogP contribution in [-0.4, -0.2) is 19.6 Å². The van der Waals surface area contributed by atoms with Gasteiger partial charge >= 0.3 is 0 Å². The van der Waals surface area contributed by atoms with E-state index >= 15 is 0 Å². The fourth-order valence-corrected chi connectivity index (χ4v) is 2.60. The molecule has 108 valence electrons. The maximum Gasteiger partial charge on any atom is 0.112 e. The summed E-state index contributed by atoms with van der Waals surface area (Å²) in [6.45, 7) is 3.05. The van der Waals surface area contributed by atoms with Crippen LogP contribution < -0.4 is 0 Å². The summed E-state index contributed by atoms with van der Waals surface area (Å²) in [6, 6.07) is 13.7. The number of rotatable bonds is 5. The number of aryl methyl sites for hydroxylation is 1. The molecule has 0 saturated heterocycles. The number of aliphatic hydroxyl groups excluding tert-OH is 1. The maximum atomic E-state index is 10.4. The Morgan fingerprint density at radius 2 is 1.95 bits per heavy atom. The third-order valence-electron chi connectivity index (χ3n) is 3.59. The lowest BCUT2D eigenvalue weighted by Crippen LogP contribution is -2.10. The Kier molecular flexibility index (Phi) is 3.97. The lowest BCUT2D eigenvalue weighted by molar-refractivity contribution is 0.170. The van der Waals surface area contributed by atoms with E-state index in [2.05, 4.69) is 27.5 Å². The van der Waals surface area contributed by atoms with Gasteiger partial charge in [-0.2, -0.15) is 0 Å². The van der Waals surface area contributed by atoms with E-state index in [9.17, 15) is 5.11 Å². The highest BCUT2D eigenvalue weighted by molar-refractivity contribution is 5.75. The second-order valence-corrected chi connectivity index (χ2v) is 5.14. The van der Waals surface area contributed by atoms with E-state index in [1.54, 1.807) is 6.20 Å². The molecule has 1 unspecified atom stereocenters. The van der Waals surface area contributed by atoms with E-state index in [0.29, 0.717) is 12.1 Å². The summed E-state index contributed by atoms with van der Waals surface area (Å²) in [7, 11) is 0. The van der Waals surface area contributed by atoms with Gasteiger partial charge in [0.15, 0.2) is 0 Å². The van der Waals surface area contributed by atoms with Crippen molar-refractivity contribution in [2.45, 2.75) is 32.4 Å². The van der Waals surface area contributed by atoms with Gasteiger partial charge in [-0.3, -0.25) is 4.98 Å². The molecule has 4 heteroatoms. The van der Waals surface area contributed by atoms with Crippen molar-refractivity contribution in [3.05, 3.63) is 60.2 Å². The van der Waals surface area contributed by atoms with Gasteiger partial charge in [0, 0.05) is 19.2 Å². The summed E-state index contributed by atoms with van der Waals surface area (Å²) in [4.78, 5) is 8.89. The summed E-state index contributed by atoms with van der Waals surface area (Å²) >= 11 is 0. The summed E-state index contributed by atoms with van der Waals surface area (Å²) in [5.74, 6) is 0.913. The van der Waals surface area contributed by atoms with Gasteiger partial charge in [0.25, 0.3) is 0 Å². The van der Waals surface area contributed by atoms with Crippen LogP contribution in [0.5, 0.6) is 0 Å². The Morgan fingerprint density at radius 1 is 1.14 bits per heavy atom. The predicted octanol–water partition coefficient (Wildman–Crippen LogP) is 3.12. The second-order valence-electron chi connectivity index (χ2n) is 5.14. The quantitative estimate of drug-likeness (QED) is 0.781. The van der Waals surface area contributed by atoms with Crippen LogP contribution in [0.3, 0.4) is 0 Å². The molecule has 21 heavy (non-hydrogen) atoms. The minimum Gasteiger partial charge on any atom is -0.386 e. The molecule has 4 nitrogen and oxygen atoms in total. The first-order valence-electron chi connectivity index (χ1n) is 7.32. The Morgan fingerprint density at radius 3 is 2.71 bits per heavy atom. The Labute approximate surface area is 124 Å². The first-order chi connectivity index (χ1) is 10.3. The molecule has 2 heterocycles. The topological polar surface area (TPSA) is 50.9 Å². The van der Waals surface area contributed by atoms with Crippen molar-refractivity contribution in [1.82, 2.24) is 14.5 Å². The van der Waals surface area contributed by atoms with Crippen molar-refractivity contribution >= 4 is 11.0 Å². The van der Waals surface area contributed by atoms with Crippen LogP contribution in [0.4, 0.5) is 0 Å². The van der Waals surface area contributed by atoms with Gasteiger partial charge in [0.05, 0.1) is 16.7 Å². The average molecular weight is 281 g/mol. The van der Waals surface area contributed by atoms with Gasteiger partial charge in [-0.1, -0.05) is 25.1 Å². The lowest BCUT2D eigenvalue weighted by atomic mass is 10.1. The van der Waals surface area contributed by atoms with Crippen LogP contribution in [0.15, 0.2) is 48.7 Å². The van der Waals surface area contributed by atoms with E-state index in [-0.39, 0.29) is 0 Å². The molecular weight excluding hydrogens is 262 g/mol. The fourth-order valence-electron chi connectivity index (χ4n) is 2.60. The number of para-hydroxylation sites is 2. The van der Waals surface area contributed by atoms with Gasteiger partial charge in [0.1, 0.15) is 11.9 Å². The highest BCUT2D eigenvalue weighted by Crippen LogP contribution is 2.21. The zero-order valence-electron chi connectivity index (χ0n) is 12.1. The molecule has 0 bridgehead atoms. The van der Waals surface area contributed by atoms with Gasteiger partial charge in [0.2, 0.25) is 0 Å². The number of hydrogen-bond donors (Lipinski definition) is 1. The van der Waals surface area contributed by atoms with E-state index in [0.717, 1.165) is 29.8 Å². The van der Waals surface area contributed by atoms with Crippen molar-refractivity contribution in [3.8, 4) is 0 Å². The molecule has 1 atom stereocenters. The number of fused-ring (bicyclic) bond motifs is 1. The fraction of sp³-hybridized carbons (Fsp3) is 0.294. The summed E-state index contributed by atoms with van der Waals surface area (Å²) in [6.07, 6.45) is 2.59. The molecule has 1 N–H and O–H groups in total. The molecule has 2 aromatic heterocycles. The summed E-state index contributed by atoms with van der Waals surface area (Å²) in [5, 5.41) is 10.4. The zero-order chi connectivity index (χ0) is 14.7. The third-order valence-corrected chi connectivity index (χ3v) is 3.59. The van der Waals surface area contributed by atoms with Crippen molar-refractivity contribution in [2.24, 2.45) is 0 Å². The minimum atomic E-state index is -0.626.